The van der Waals surface area contributed by atoms with Crippen molar-refractivity contribution in [2.45, 2.75) is 4.90 Å². The Morgan fingerprint density at radius 1 is 0.833 bits per heavy atom. The second kappa shape index (κ2) is 6.36. The average Bonchev–Trinajstić information content (AvgIpc) is 2.30. The first-order valence-corrected chi connectivity index (χ1v) is 6.25. The fraction of sp³-hybridized carbons (Fsp3) is 0. The minimum atomic E-state index is -4.40. The molecule has 0 N–H and O–H groups in total. The van der Waals surface area contributed by atoms with E-state index in [1.54, 1.807) is 12.1 Å². The maximum atomic E-state index is 10.7. The van der Waals surface area contributed by atoms with E-state index >= 15 is 0 Å². The van der Waals surface area contributed by atoms with Crippen LogP contribution in [-0.2, 0) is 10.1 Å². The predicted molar refractivity (Wildman–Crippen MR) is 60.9 cm³/mol. The Bertz CT molecular complexity index is 594. The van der Waals surface area contributed by atoms with Crippen LogP contribution in [0.25, 0.3) is 0 Å². The van der Waals surface area contributed by atoms with E-state index in [0.717, 1.165) is 0 Å². The van der Waals surface area contributed by atoms with Crippen LogP contribution in [0.1, 0.15) is 0 Å². The van der Waals surface area contributed by atoms with Crippen LogP contribution in [0.3, 0.4) is 0 Å². The second-order valence-corrected chi connectivity index (χ2v) is 4.72. The van der Waals surface area contributed by atoms with Crippen LogP contribution < -0.4 is 34.3 Å². The van der Waals surface area contributed by atoms with Crippen LogP contribution in [-0.4, -0.2) is 13.0 Å². The molecule has 0 fully saturated rings. The molecule has 0 atom stereocenters. The Morgan fingerprint density at radius 3 is 1.83 bits per heavy atom. The van der Waals surface area contributed by atoms with Gasteiger partial charge in [0.15, 0.2) is 0 Å². The van der Waals surface area contributed by atoms with Crippen LogP contribution >= 0.6 is 0 Å². The predicted octanol–water partition coefficient (Wildman–Crippen LogP) is -0.613. The summed E-state index contributed by atoms with van der Waals surface area (Å²) >= 11 is 0. The Morgan fingerprint density at radius 2 is 1.33 bits per heavy atom. The van der Waals surface area contributed by atoms with E-state index in [1.807, 2.05) is 18.2 Å². The maximum absolute atomic E-state index is 10.7. The van der Waals surface area contributed by atoms with Crippen LogP contribution in [0.15, 0.2) is 59.5 Å². The topological polar surface area (TPSA) is 66.4 Å². The molecule has 0 spiro atoms. The molecule has 0 aromatic heterocycles. The molecule has 2 aromatic carbocycles. The van der Waals surface area contributed by atoms with Gasteiger partial charge in [-0.05, 0) is 36.4 Å². The van der Waals surface area contributed by atoms with Gasteiger partial charge in [0.2, 0.25) is 0 Å². The van der Waals surface area contributed by atoms with Gasteiger partial charge >= 0.3 is 29.6 Å². The third kappa shape index (κ3) is 4.12. The molecular weight excluding hydrogens is 263 g/mol. The summed E-state index contributed by atoms with van der Waals surface area (Å²) in [4.78, 5) is -0.266. The van der Waals surface area contributed by atoms with Gasteiger partial charge in [-0.15, -0.1) is 0 Å². The maximum Gasteiger partial charge on any atom is 1.00 e. The smallest absolute Gasteiger partial charge is 0.744 e. The number of hydrogen-bond donors (Lipinski definition) is 0. The van der Waals surface area contributed by atoms with Crippen molar-refractivity contribution < 1.29 is 47.3 Å². The third-order valence-electron chi connectivity index (χ3n) is 2.09. The number of hydrogen-bond acceptors (Lipinski definition) is 4. The van der Waals surface area contributed by atoms with Gasteiger partial charge in [0, 0.05) is 0 Å². The molecule has 0 amide bonds. The summed E-state index contributed by atoms with van der Waals surface area (Å²) < 4.78 is 37.6. The van der Waals surface area contributed by atoms with Crippen molar-refractivity contribution in [3.05, 3.63) is 54.6 Å². The first kappa shape index (κ1) is 15.2. The summed E-state index contributed by atoms with van der Waals surface area (Å²) in [5.74, 6) is 1.12. The molecule has 88 valence electrons. The zero-order valence-corrected chi connectivity index (χ0v) is 12.6. The van der Waals surface area contributed by atoms with Crippen LogP contribution in [0, 0.1) is 0 Å². The summed E-state index contributed by atoms with van der Waals surface area (Å²) in [5.41, 5.74) is 0. The average molecular weight is 272 g/mol. The Kier molecular flexibility index (Phi) is 5.37. The van der Waals surface area contributed by atoms with Gasteiger partial charge < -0.3 is 9.29 Å². The summed E-state index contributed by atoms with van der Waals surface area (Å²) in [6, 6.07) is 14.4. The molecule has 0 aliphatic heterocycles. The van der Waals surface area contributed by atoms with Gasteiger partial charge in [0.25, 0.3) is 0 Å². The fourth-order valence-corrected chi connectivity index (χ4v) is 1.77. The van der Waals surface area contributed by atoms with Crippen molar-refractivity contribution in [1.29, 1.82) is 0 Å². The van der Waals surface area contributed by atoms with Gasteiger partial charge in [0.05, 0.1) is 4.90 Å². The van der Waals surface area contributed by atoms with E-state index in [9.17, 15) is 13.0 Å². The minimum Gasteiger partial charge on any atom is -0.744 e. The van der Waals surface area contributed by atoms with Gasteiger partial charge in [-0.25, -0.2) is 8.42 Å². The minimum absolute atomic E-state index is 0. The zero-order valence-electron chi connectivity index (χ0n) is 9.74. The SMILES string of the molecule is O=S(=O)([O-])c1ccc(Oc2ccccc2)cc1.[Na+]. The van der Waals surface area contributed by atoms with Crippen molar-refractivity contribution in [2.75, 3.05) is 0 Å². The molecule has 0 saturated heterocycles. The van der Waals surface area contributed by atoms with E-state index in [4.69, 9.17) is 4.74 Å². The second-order valence-electron chi connectivity index (χ2n) is 3.34. The van der Waals surface area contributed by atoms with E-state index in [-0.39, 0.29) is 34.5 Å². The molecule has 0 heterocycles. The Hall–Kier alpha value is -0.850. The normalized spacial score (nSPS) is 10.5. The molecule has 0 saturated carbocycles. The van der Waals surface area contributed by atoms with E-state index in [0.29, 0.717) is 11.5 Å². The van der Waals surface area contributed by atoms with Crippen LogP contribution in [0.4, 0.5) is 0 Å². The fourth-order valence-electron chi connectivity index (χ4n) is 1.30. The largest absolute Gasteiger partial charge is 1.00 e. The first-order chi connectivity index (χ1) is 8.05. The molecule has 0 aliphatic rings. The molecule has 2 aromatic rings. The number of benzene rings is 2. The van der Waals surface area contributed by atoms with Crippen molar-refractivity contribution in [2.24, 2.45) is 0 Å². The van der Waals surface area contributed by atoms with Gasteiger partial charge in [-0.1, -0.05) is 18.2 Å². The molecule has 18 heavy (non-hydrogen) atoms. The Labute approximate surface area is 128 Å². The van der Waals surface area contributed by atoms with Crippen molar-refractivity contribution >= 4 is 10.1 Å². The van der Waals surface area contributed by atoms with E-state index in [2.05, 4.69) is 0 Å². The Balaban J connectivity index is 0.00000162. The van der Waals surface area contributed by atoms with Gasteiger partial charge in [-0.3, -0.25) is 0 Å². The van der Waals surface area contributed by atoms with Crippen molar-refractivity contribution in [3.63, 3.8) is 0 Å². The monoisotopic (exact) mass is 272 g/mol. The number of para-hydroxylation sites is 1. The molecule has 0 unspecified atom stereocenters. The van der Waals surface area contributed by atoms with E-state index in [1.165, 1.54) is 24.3 Å². The standard InChI is InChI=1S/C12H10O4S.Na/c13-17(14,15)12-8-6-11(7-9-12)16-10-4-2-1-3-5-10;/h1-9H,(H,13,14,15);/q;+1/p-1. The third-order valence-corrected chi connectivity index (χ3v) is 2.94. The summed E-state index contributed by atoms with van der Waals surface area (Å²) in [7, 11) is -4.40. The molecule has 0 aliphatic carbocycles. The molecule has 4 nitrogen and oxygen atoms in total. The molecule has 6 heteroatoms. The summed E-state index contributed by atoms with van der Waals surface area (Å²) in [6.45, 7) is 0. The number of ether oxygens (including phenoxy) is 1. The van der Waals surface area contributed by atoms with Crippen molar-refractivity contribution in [1.82, 2.24) is 0 Å². The summed E-state index contributed by atoms with van der Waals surface area (Å²) in [6.07, 6.45) is 0. The molecule has 2 rings (SSSR count). The van der Waals surface area contributed by atoms with Crippen LogP contribution in [0.2, 0.25) is 0 Å². The molecule has 0 radical (unpaired) electrons. The zero-order chi connectivity index (χ0) is 12.3. The van der Waals surface area contributed by atoms with Crippen LogP contribution in [0.5, 0.6) is 11.5 Å². The van der Waals surface area contributed by atoms with E-state index < -0.39 is 10.1 Å². The summed E-state index contributed by atoms with van der Waals surface area (Å²) in [5, 5.41) is 0. The van der Waals surface area contributed by atoms with Gasteiger partial charge in [0.1, 0.15) is 21.6 Å². The van der Waals surface area contributed by atoms with Gasteiger partial charge in [-0.2, -0.15) is 0 Å². The molecular formula is C12H9NaO4S. The number of rotatable bonds is 3. The molecule has 0 bridgehead atoms. The van der Waals surface area contributed by atoms with Crippen molar-refractivity contribution in [3.8, 4) is 11.5 Å². The quantitative estimate of drug-likeness (QED) is 0.552. The first-order valence-electron chi connectivity index (χ1n) is 4.84.